The zero-order valence-corrected chi connectivity index (χ0v) is 12.3. The fourth-order valence-electron chi connectivity index (χ4n) is 1.30. The summed E-state index contributed by atoms with van der Waals surface area (Å²) in [6.45, 7) is 2.03. The molecule has 6 heteroatoms. The van der Waals surface area contributed by atoms with Gasteiger partial charge in [-0.25, -0.2) is 8.42 Å². The second-order valence-electron chi connectivity index (χ2n) is 3.51. The lowest BCUT2D eigenvalue weighted by molar-refractivity contribution is 0.416. The quantitative estimate of drug-likeness (QED) is 0.873. The smallest absolute Gasteiger partial charge is 0.151 e. The maximum atomic E-state index is 11.3. The Bertz CT molecular complexity index is 474. The molecule has 17 heavy (non-hydrogen) atoms. The van der Waals surface area contributed by atoms with E-state index in [1.165, 1.54) is 0 Å². The van der Waals surface area contributed by atoms with Crippen LogP contribution in [0.1, 0.15) is 6.92 Å². The molecule has 0 saturated heterocycles. The highest BCUT2D eigenvalue weighted by molar-refractivity contribution is 9.10. The molecule has 1 rings (SSSR count). The van der Waals surface area contributed by atoms with Crippen LogP contribution in [0.25, 0.3) is 0 Å². The fourth-order valence-corrected chi connectivity index (χ4v) is 2.37. The Labute approximate surface area is 110 Å². The van der Waals surface area contributed by atoms with Crippen molar-refractivity contribution >= 4 is 31.5 Å². The predicted octanol–water partition coefficient (Wildman–Crippen LogP) is 2.30. The molecule has 0 saturated carbocycles. The van der Waals surface area contributed by atoms with Gasteiger partial charge in [0.1, 0.15) is 5.75 Å². The first kappa shape index (κ1) is 14.3. The summed E-state index contributed by atoms with van der Waals surface area (Å²) in [7, 11) is -1.35. The van der Waals surface area contributed by atoms with Crippen molar-refractivity contribution in [1.82, 2.24) is 0 Å². The Balaban J connectivity index is 2.66. The summed E-state index contributed by atoms with van der Waals surface area (Å²) in [5.74, 6) is 0.991. The lowest BCUT2D eigenvalue weighted by atomic mass is 10.3. The number of hydrogen-bond acceptors (Lipinski definition) is 4. The Morgan fingerprint density at radius 2 is 2.12 bits per heavy atom. The molecule has 0 aromatic heterocycles. The summed E-state index contributed by atoms with van der Waals surface area (Å²) in [4.78, 5) is 0. The number of benzene rings is 1. The standard InChI is InChI=1S/C11H16BrNO3S/c1-3-17(14,15)7-6-13-10-8-9(12)4-5-11(10)16-2/h4-5,8,13H,3,6-7H2,1-2H3. The molecule has 0 bridgehead atoms. The summed E-state index contributed by atoms with van der Waals surface area (Å²) >= 11 is 3.36. The third-order valence-electron chi connectivity index (χ3n) is 2.33. The van der Waals surface area contributed by atoms with Crippen LogP contribution in [-0.2, 0) is 9.84 Å². The first-order chi connectivity index (χ1) is 7.98. The van der Waals surface area contributed by atoms with Crippen molar-refractivity contribution < 1.29 is 13.2 Å². The largest absolute Gasteiger partial charge is 0.495 e. The van der Waals surface area contributed by atoms with Crippen LogP contribution in [0.4, 0.5) is 5.69 Å². The number of ether oxygens (including phenoxy) is 1. The van der Waals surface area contributed by atoms with Gasteiger partial charge in [0.25, 0.3) is 0 Å². The lowest BCUT2D eigenvalue weighted by Crippen LogP contribution is -2.17. The van der Waals surface area contributed by atoms with Crippen LogP contribution >= 0.6 is 15.9 Å². The van der Waals surface area contributed by atoms with Gasteiger partial charge >= 0.3 is 0 Å². The Morgan fingerprint density at radius 3 is 2.71 bits per heavy atom. The van der Waals surface area contributed by atoms with E-state index in [1.54, 1.807) is 14.0 Å². The molecule has 1 aromatic rings. The molecule has 0 amide bonds. The number of nitrogens with one attached hydrogen (secondary N) is 1. The van der Waals surface area contributed by atoms with E-state index in [0.717, 1.165) is 10.2 Å². The van der Waals surface area contributed by atoms with E-state index in [2.05, 4.69) is 21.2 Å². The molecular weight excluding hydrogens is 306 g/mol. The zero-order chi connectivity index (χ0) is 12.9. The molecule has 0 heterocycles. The minimum absolute atomic E-state index is 0.124. The normalized spacial score (nSPS) is 11.2. The van der Waals surface area contributed by atoms with Gasteiger partial charge in [-0.3, -0.25) is 0 Å². The van der Waals surface area contributed by atoms with E-state index in [4.69, 9.17) is 4.74 Å². The Morgan fingerprint density at radius 1 is 1.41 bits per heavy atom. The van der Waals surface area contributed by atoms with Gasteiger partial charge in [0.05, 0.1) is 18.6 Å². The van der Waals surface area contributed by atoms with E-state index in [0.29, 0.717) is 12.3 Å². The monoisotopic (exact) mass is 321 g/mol. The van der Waals surface area contributed by atoms with Crippen molar-refractivity contribution in [2.75, 3.05) is 30.5 Å². The van der Waals surface area contributed by atoms with Crippen LogP contribution < -0.4 is 10.1 Å². The van der Waals surface area contributed by atoms with Crippen LogP contribution in [-0.4, -0.2) is 33.6 Å². The van der Waals surface area contributed by atoms with Gasteiger partial charge in [-0.2, -0.15) is 0 Å². The van der Waals surface area contributed by atoms with Gasteiger partial charge in [-0.1, -0.05) is 22.9 Å². The molecule has 0 aliphatic carbocycles. The molecule has 0 aliphatic heterocycles. The van der Waals surface area contributed by atoms with E-state index in [-0.39, 0.29) is 11.5 Å². The van der Waals surface area contributed by atoms with E-state index >= 15 is 0 Å². The molecule has 0 aliphatic rings. The number of anilines is 1. The number of halogens is 1. The number of methoxy groups -OCH3 is 1. The summed E-state index contributed by atoms with van der Waals surface area (Å²) < 4.78 is 28.8. The maximum Gasteiger partial charge on any atom is 0.151 e. The second-order valence-corrected chi connectivity index (χ2v) is 6.90. The molecule has 0 spiro atoms. The first-order valence-electron chi connectivity index (χ1n) is 5.26. The van der Waals surface area contributed by atoms with Gasteiger partial charge < -0.3 is 10.1 Å². The SMILES string of the molecule is CCS(=O)(=O)CCNc1cc(Br)ccc1OC. The highest BCUT2D eigenvalue weighted by Crippen LogP contribution is 2.27. The third kappa shape index (κ3) is 4.55. The fraction of sp³-hybridized carbons (Fsp3) is 0.455. The van der Waals surface area contributed by atoms with E-state index in [1.807, 2.05) is 18.2 Å². The first-order valence-corrected chi connectivity index (χ1v) is 7.88. The predicted molar refractivity (Wildman–Crippen MR) is 73.5 cm³/mol. The highest BCUT2D eigenvalue weighted by atomic mass is 79.9. The molecule has 1 aromatic carbocycles. The van der Waals surface area contributed by atoms with Crippen LogP contribution in [0.3, 0.4) is 0 Å². The van der Waals surface area contributed by atoms with Gasteiger partial charge in [0, 0.05) is 16.8 Å². The summed E-state index contributed by atoms with van der Waals surface area (Å²) in [5.41, 5.74) is 0.785. The number of rotatable bonds is 6. The molecule has 4 nitrogen and oxygen atoms in total. The van der Waals surface area contributed by atoms with Gasteiger partial charge in [0.15, 0.2) is 9.84 Å². The highest BCUT2D eigenvalue weighted by Gasteiger charge is 2.08. The van der Waals surface area contributed by atoms with E-state index < -0.39 is 9.84 Å². The maximum absolute atomic E-state index is 11.3. The van der Waals surface area contributed by atoms with Crippen molar-refractivity contribution in [3.63, 3.8) is 0 Å². The van der Waals surface area contributed by atoms with Crippen molar-refractivity contribution in [2.45, 2.75) is 6.92 Å². The zero-order valence-electron chi connectivity index (χ0n) is 9.86. The molecular formula is C11H16BrNO3S. The average Bonchev–Trinajstić information content (AvgIpc) is 2.29. The van der Waals surface area contributed by atoms with Gasteiger partial charge in [0.2, 0.25) is 0 Å². The molecule has 1 N–H and O–H groups in total. The molecule has 0 atom stereocenters. The third-order valence-corrected chi connectivity index (χ3v) is 4.53. The average molecular weight is 322 g/mol. The summed E-state index contributed by atoms with van der Waals surface area (Å²) in [5, 5.41) is 3.06. The van der Waals surface area contributed by atoms with Crippen molar-refractivity contribution in [1.29, 1.82) is 0 Å². The number of sulfone groups is 1. The van der Waals surface area contributed by atoms with Crippen molar-refractivity contribution in [2.24, 2.45) is 0 Å². The molecule has 0 radical (unpaired) electrons. The summed E-state index contributed by atoms with van der Waals surface area (Å²) in [6, 6.07) is 5.55. The number of hydrogen-bond donors (Lipinski definition) is 1. The van der Waals surface area contributed by atoms with Crippen LogP contribution in [0, 0.1) is 0 Å². The van der Waals surface area contributed by atoms with Gasteiger partial charge in [-0.05, 0) is 18.2 Å². The Kier molecular flexibility index (Phi) is 5.27. The lowest BCUT2D eigenvalue weighted by Gasteiger charge is -2.11. The molecule has 0 fully saturated rings. The topological polar surface area (TPSA) is 55.4 Å². The molecule has 96 valence electrons. The van der Waals surface area contributed by atoms with Crippen LogP contribution in [0.15, 0.2) is 22.7 Å². The minimum Gasteiger partial charge on any atom is -0.495 e. The summed E-state index contributed by atoms with van der Waals surface area (Å²) in [6.07, 6.45) is 0. The van der Waals surface area contributed by atoms with Gasteiger partial charge in [-0.15, -0.1) is 0 Å². The van der Waals surface area contributed by atoms with Crippen LogP contribution in [0.5, 0.6) is 5.75 Å². The van der Waals surface area contributed by atoms with E-state index in [9.17, 15) is 8.42 Å². The minimum atomic E-state index is -2.93. The second kappa shape index (κ2) is 6.26. The molecule has 0 unspecified atom stereocenters. The van der Waals surface area contributed by atoms with Crippen LogP contribution in [0.2, 0.25) is 0 Å². The van der Waals surface area contributed by atoms with Crippen molar-refractivity contribution in [3.05, 3.63) is 22.7 Å². The van der Waals surface area contributed by atoms with Crippen molar-refractivity contribution in [3.8, 4) is 5.75 Å². The Hall–Kier alpha value is -0.750.